The number of aliphatic imine (C=N–C) groups is 1. The molecule has 1 aliphatic rings. The Bertz CT molecular complexity index is 771. The summed E-state index contributed by atoms with van der Waals surface area (Å²) in [5.41, 5.74) is 3.22. The molecule has 0 saturated heterocycles. The number of amidine groups is 1. The lowest BCUT2D eigenvalue weighted by Crippen LogP contribution is -2.22. The lowest BCUT2D eigenvalue weighted by Gasteiger charge is -2.23. The normalized spacial score (nSPS) is 16.3. The zero-order valence-electron chi connectivity index (χ0n) is 12.3. The van der Waals surface area contributed by atoms with E-state index in [2.05, 4.69) is 10.3 Å². The third kappa shape index (κ3) is 2.57. The number of aldehydes is 1. The molecule has 0 aromatic heterocycles. The Morgan fingerprint density at radius 1 is 1.27 bits per heavy atom. The van der Waals surface area contributed by atoms with Crippen LogP contribution in [-0.4, -0.2) is 19.2 Å². The Morgan fingerprint density at radius 2 is 2.09 bits per heavy atom. The fourth-order valence-electron chi connectivity index (χ4n) is 2.47. The van der Waals surface area contributed by atoms with Crippen LogP contribution in [0.1, 0.15) is 22.7 Å². The van der Waals surface area contributed by atoms with Crippen molar-refractivity contribution in [3.05, 3.63) is 58.9 Å². The molecule has 0 saturated carbocycles. The van der Waals surface area contributed by atoms with Crippen LogP contribution in [0.3, 0.4) is 0 Å². The first-order valence-electron chi connectivity index (χ1n) is 6.86. The second-order valence-corrected chi connectivity index (χ2v) is 5.15. The average molecular weight is 298 g/mol. The molecule has 2 aromatic rings. The van der Waals surface area contributed by atoms with Crippen molar-refractivity contribution >= 4 is 17.8 Å². The van der Waals surface area contributed by atoms with Gasteiger partial charge in [-0.05, 0) is 30.7 Å². The standard InChI is InChI=1S/C17H15FN2O2/c1-10-3-4-14-15(5-10)19-17(20-16(14)9-21)11-6-12(18)8-13(7-11)22-2/h3-9,16H,1-2H3,(H,19,20). The molecule has 0 amide bonds. The van der Waals surface area contributed by atoms with Gasteiger partial charge in [0.2, 0.25) is 0 Å². The first kappa shape index (κ1) is 14.3. The van der Waals surface area contributed by atoms with Crippen LogP contribution in [0.2, 0.25) is 0 Å². The molecular formula is C17H15FN2O2. The molecular weight excluding hydrogens is 283 g/mol. The third-order valence-corrected chi connectivity index (χ3v) is 3.56. The molecule has 3 rings (SSSR count). The number of anilines is 1. The summed E-state index contributed by atoms with van der Waals surface area (Å²) in [6, 6.07) is 9.49. The van der Waals surface area contributed by atoms with Crippen LogP contribution in [-0.2, 0) is 4.79 Å². The van der Waals surface area contributed by atoms with Crippen molar-refractivity contribution in [3.63, 3.8) is 0 Å². The van der Waals surface area contributed by atoms with Crippen LogP contribution in [0, 0.1) is 12.7 Å². The minimum Gasteiger partial charge on any atom is -0.497 e. The molecule has 1 unspecified atom stereocenters. The minimum atomic E-state index is -0.596. The molecule has 1 aliphatic heterocycles. The lowest BCUT2D eigenvalue weighted by atomic mass is 10.0. The maximum Gasteiger partial charge on any atom is 0.149 e. The van der Waals surface area contributed by atoms with Gasteiger partial charge < -0.3 is 14.8 Å². The van der Waals surface area contributed by atoms with E-state index in [0.29, 0.717) is 17.1 Å². The summed E-state index contributed by atoms with van der Waals surface area (Å²) < 4.78 is 18.8. The summed E-state index contributed by atoms with van der Waals surface area (Å²) in [6.07, 6.45) is 0.783. The van der Waals surface area contributed by atoms with E-state index in [1.807, 2.05) is 25.1 Å². The highest BCUT2D eigenvalue weighted by Gasteiger charge is 2.22. The predicted molar refractivity (Wildman–Crippen MR) is 83.1 cm³/mol. The molecule has 0 bridgehead atoms. The van der Waals surface area contributed by atoms with Crippen LogP contribution >= 0.6 is 0 Å². The van der Waals surface area contributed by atoms with Crippen molar-refractivity contribution in [2.75, 3.05) is 12.4 Å². The van der Waals surface area contributed by atoms with Crippen molar-refractivity contribution in [1.29, 1.82) is 0 Å². The molecule has 0 aliphatic carbocycles. The fourth-order valence-corrected chi connectivity index (χ4v) is 2.47. The van der Waals surface area contributed by atoms with E-state index in [1.54, 1.807) is 6.07 Å². The SMILES string of the molecule is COc1cc(F)cc(C2=NC(C=O)c3ccc(C)cc3N2)c1. The molecule has 0 radical (unpaired) electrons. The van der Waals surface area contributed by atoms with Gasteiger partial charge in [-0.15, -0.1) is 0 Å². The van der Waals surface area contributed by atoms with Crippen LogP contribution < -0.4 is 10.1 Å². The number of hydrogen-bond acceptors (Lipinski definition) is 4. The Labute approximate surface area is 127 Å². The van der Waals surface area contributed by atoms with Gasteiger partial charge in [0, 0.05) is 22.9 Å². The number of carbonyl (C=O) groups is 1. The lowest BCUT2D eigenvalue weighted by molar-refractivity contribution is -0.108. The number of halogens is 1. The molecule has 1 atom stereocenters. The molecule has 5 heteroatoms. The van der Waals surface area contributed by atoms with Crippen LogP contribution in [0.4, 0.5) is 10.1 Å². The fraction of sp³-hybridized carbons (Fsp3) is 0.176. The van der Waals surface area contributed by atoms with Gasteiger partial charge in [-0.25, -0.2) is 4.39 Å². The summed E-state index contributed by atoms with van der Waals surface area (Å²) in [6.45, 7) is 1.97. The Morgan fingerprint density at radius 3 is 2.82 bits per heavy atom. The third-order valence-electron chi connectivity index (χ3n) is 3.56. The molecule has 112 valence electrons. The highest BCUT2D eigenvalue weighted by atomic mass is 19.1. The van der Waals surface area contributed by atoms with Crippen molar-refractivity contribution in [2.45, 2.75) is 13.0 Å². The number of fused-ring (bicyclic) bond motifs is 1. The maximum atomic E-state index is 13.7. The van der Waals surface area contributed by atoms with Gasteiger partial charge in [0.1, 0.15) is 29.7 Å². The highest BCUT2D eigenvalue weighted by molar-refractivity contribution is 6.11. The molecule has 0 spiro atoms. The molecule has 4 nitrogen and oxygen atoms in total. The largest absolute Gasteiger partial charge is 0.497 e. The second-order valence-electron chi connectivity index (χ2n) is 5.15. The summed E-state index contributed by atoms with van der Waals surface area (Å²) in [5, 5.41) is 3.17. The molecule has 1 heterocycles. The quantitative estimate of drug-likeness (QED) is 0.885. The van der Waals surface area contributed by atoms with Crippen LogP contribution in [0.15, 0.2) is 41.4 Å². The van der Waals surface area contributed by atoms with E-state index in [1.165, 1.54) is 19.2 Å². The van der Waals surface area contributed by atoms with E-state index >= 15 is 0 Å². The Hall–Kier alpha value is -2.69. The van der Waals surface area contributed by atoms with E-state index in [9.17, 15) is 9.18 Å². The first-order chi connectivity index (χ1) is 10.6. The van der Waals surface area contributed by atoms with E-state index in [0.717, 1.165) is 23.1 Å². The molecule has 22 heavy (non-hydrogen) atoms. The summed E-state index contributed by atoms with van der Waals surface area (Å²) >= 11 is 0. The number of carbonyl (C=O) groups excluding carboxylic acids is 1. The second kappa shape index (κ2) is 5.60. The van der Waals surface area contributed by atoms with Crippen molar-refractivity contribution in [3.8, 4) is 5.75 Å². The first-order valence-corrected chi connectivity index (χ1v) is 6.86. The molecule has 1 N–H and O–H groups in total. The van der Waals surface area contributed by atoms with Gasteiger partial charge >= 0.3 is 0 Å². The monoisotopic (exact) mass is 298 g/mol. The average Bonchev–Trinajstić information content (AvgIpc) is 2.52. The van der Waals surface area contributed by atoms with Gasteiger partial charge in [-0.1, -0.05) is 12.1 Å². The predicted octanol–water partition coefficient (Wildman–Crippen LogP) is 3.26. The van der Waals surface area contributed by atoms with Crippen LogP contribution in [0.5, 0.6) is 5.75 Å². The van der Waals surface area contributed by atoms with Crippen molar-refractivity contribution in [1.82, 2.24) is 0 Å². The van der Waals surface area contributed by atoms with Crippen molar-refractivity contribution < 1.29 is 13.9 Å². The van der Waals surface area contributed by atoms with E-state index < -0.39 is 11.9 Å². The Kier molecular flexibility index (Phi) is 3.63. The van der Waals surface area contributed by atoms with Gasteiger partial charge in [-0.2, -0.15) is 0 Å². The van der Waals surface area contributed by atoms with Gasteiger partial charge in [0.05, 0.1) is 7.11 Å². The highest BCUT2D eigenvalue weighted by Crippen LogP contribution is 2.31. The number of benzene rings is 2. The number of rotatable bonds is 3. The van der Waals surface area contributed by atoms with Crippen LogP contribution in [0.25, 0.3) is 0 Å². The topological polar surface area (TPSA) is 50.7 Å². The smallest absolute Gasteiger partial charge is 0.149 e. The zero-order chi connectivity index (χ0) is 15.7. The van der Waals surface area contributed by atoms with Gasteiger partial charge in [0.15, 0.2) is 0 Å². The number of aryl methyl sites for hydroxylation is 1. The molecule has 2 aromatic carbocycles. The Balaban J connectivity index is 2.07. The number of ether oxygens (including phenoxy) is 1. The van der Waals surface area contributed by atoms with Crippen molar-refractivity contribution in [2.24, 2.45) is 4.99 Å². The van der Waals surface area contributed by atoms with E-state index in [4.69, 9.17) is 4.74 Å². The number of methoxy groups -OCH3 is 1. The minimum absolute atomic E-state index is 0.400. The van der Waals surface area contributed by atoms with Gasteiger partial charge in [-0.3, -0.25) is 4.99 Å². The number of nitrogens with zero attached hydrogens (tertiary/aromatic N) is 1. The van der Waals surface area contributed by atoms with Gasteiger partial charge in [0.25, 0.3) is 0 Å². The van der Waals surface area contributed by atoms with E-state index in [-0.39, 0.29) is 0 Å². The summed E-state index contributed by atoms with van der Waals surface area (Å²) in [7, 11) is 1.47. The maximum absolute atomic E-state index is 13.7. The number of nitrogens with one attached hydrogen (secondary N) is 1. The molecule has 0 fully saturated rings. The number of hydrogen-bond donors (Lipinski definition) is 1. The zero-order valence-corrected chi connectivity index (χ0v) is 12.3. The summed E-state index contributed by atoms with van der Waals surface area (Å²) in [5.74, 6) is 0.432. The summed E-state index contributed by atoms with van der Waals surface area (Å²) in [4.78, 5) is 15.7.